The molecular formula is C14H26N4O2S. The van der Waals surface area contributed by atoms with E-state index in [1.54, 1.807) is 15.9 Å². The second-order valence-corrected chi connectivity index (χ2v) is 7.91. The standard InChI is InChI=1S/C14H26N4O2S/c1-10(2)13-6-5-8-18(13)21(19,20)14-11(3)16-17(9-7-15)12(14)4/h10,13H,5-9,15H2,1-4H3. The Bertz CT molecular complexity index is 607. The smallest absolute Gasteiger partial charge is 0.247 e. The monoisotopic (exact) mass is 314 g/mol. The molecule has 0 aromatic carbocycles. The Morgan fingerprint density at radius 2 is 2.05 bits per heavy atom. The summed E-state index contributed by atoms with van der Waals surface area (Å²) in [4.78, 5) is 0.364. The molecule has 0 saturated carbocycles. The number of aromatic nitrogens is 2. The molecule has 1 fully saturated rings. The summed E-state index contributed by atoms with van der Waals surface area (Å²) in [6.45, 7) is 9.31. The number of rotatable bonds is 5. The number of nitrogens with two attached hydrogens (primary N) is 1. The molecule has 1 aliphatic heterocycles. The van der Waals surface area contributed by atoms with Crippen LogP contribution in [0.15, 0.2) is 4.90 Å². The summed E-state index contributed by atoms with van der Waals surface area (Å²) in [5.41, 5.74) is 6.81. The minimum absolute atomic E-state index is 0.0895. The Morgan fingerprint density at radius 3 is 2.62 bits per heavy atom. The number of nitrogens with zero attached hydrogens (tertiary/aromatic N) is 3. The molecule has 21 heavy (non-hydrogen) atoms. The molecule has 0 radical (unpaired) electrons. The van der Waals surface area contributed by atoms with E-state index in [1.165, 1.54) is 0 Å². The lowest BCUT2D eigenvalue weighted by Gasteiger charge is -2.27. The topological polar surface area (TPSA) is 81.2 Å². The summed E-state index contributed by atoms with van der Waals surface area (Å²) < 4.78 is 29.5. The van der Waals surface area contributed by atoms with Gasteiger partial charge in [0.2, 0.25) is 10.0 Å². The van der Waals surface area contributed by atoms with E-state index in [4.69, 9.17) is 5.73 Å². The molecule has 2 N–H and O–H groups in total. The highest BCUT2D eigenvalue weighted by atomic mass is 32.2. The lowest BCUT2D eigenvalue weighted by atomic mass is 10.0. The van der Waals surface area contributed by atoms with Gasteiger partial charge in [0.1, 0.15) is 4.90 Å². The summed E-state index contributed by atoms with van der Waals surface area (Å²) in [7, 11) is -3.48. The number of sulfonamides is 1. The van der Waals surface area contributed by atoms with Crippen LogP contribution in [0.4, 0.5) is 0 Å². The van der Waals surface area contributed by atoms with E-state index in [0.29, 0.717) is 41.8 Å². The van der Waals surface area contributed by atoms with E-state index in [-0.39, 0.29) is 6.04 Å². The highest BCUT2D eigenvalue weighted by molar-refractivity contribution is 7.89. The molecule has 7 heteroatoms. The molecule has 2 rings (SSSR count). The zero-order valence-corrected chi connectivity index (χ0v) is 14.2. The van der Waals surface area contributed by atoms with Crippen LogP contribution in [0, 0.1) is 19.8 Å². The molecule has 1 aromatic rings. The highest BCUT2D eigenvalue weighted by Crippen LogP contribution is 2.32. The lowest BCUT2D eigenvalue weighted by Crippen LogP contribution is -2.38. The van der Waals surface area contributed by atoms with Gasteiger partial charge in [-0.1, -0.05) is 13.8 Å². The van der Waals surface area contributed by atoms with Crippen LogP contribution < -0.4 is 5.73 Å². The van der Waals surface area contributed by atoms with E-state index in [2.05, 4.69) is 18.9 Å². The summed E-state index contributed by atoms with van der Waals surface area (Å²) in [6, 6.07) is 0.0895. The molecule has 1 atom stereocenters. The normalized spacial score (nSPS) is 20.6. The maximum atomic E-state index is 13.0. The van der Waals surface area contributed by atoms with Crippen molar-refractivity contribution in [2.45, 2.75) is 58.0 Å². The SMILES string of the molecule is Cc1nn(CCN)c(C)c1S(=O)(=O)N1CCCC1C(C)C. The first kappa shape index (κ1) is 16.5. The van der Waals surface area contributed by atoms with Crippen LogP contribution in [-0.4, -0.2) is 41.6 Å². The van der Waals surface area contributed by atoms with Crippen molar-refractivity contribution in [3.05, 3.63) is 11.4 Å². The molecule has 120 valence electrons. The first-order valence-electron chi connectivity index (χ1n) is 7.56. The average Bonchev–Trinajstić information content (AvgIpc) is 2.96. The highest BCUT2D eigenvalue weighted by Gasteiger charge is 2.39. The van der Waals surface area contributed by atoms with Gasteiger partial charge in [-0.25, -0.2) is 8.42 Å². The largest absolute Gasteiger partial charge is 0.329 e. The summed E-state index contributed by atoms with van der Waals surface area (Å²) in [6.07, 6.45) is 1.86. The zero-order chi connectivity index (χ0) is 15.8. The van der Waals surface area contributed by atoms with E-state index in [9.17, 15) is 8.42 Å². The van der Waals surface area contributed by atoms with Crippen LogP contribution in [0.5, 0.6) is 0 Å². The Labute approximate surface area is 127 Å². The molecule has 0 aliphatic carbocycles. The fourth-order valence-corrected chi connectivity index (χ4v) is 5.44. The first-order chi connectivity index (χ1) is 9.80. The van der Waals surface area contributed by atoms with E-state index < -0.39 is 10.0 Å². The van der Waals surface area contributed by atoms with Gasteiger partial charge >= 0.3 is 0 Å². The van der Waals surface area contributed by atoms with Crippen molar-refractivity contribution >= 4 is 10.0 Å². The molecule has 1 aromatic heterocycles. The zero-order valence-electron chi connectivity index (χ0n) is 13.3. The van der Waals surface area contributed by atoms with Gasteiger partial charge in [0, 0.05) is 19.1 Å². The van der Waals surface area contributed by atoms with Crippen LogP contribution in [0.3, 0.4) is 0 Å². The van der Waals surface area contributed by atoms with Crippen molar-refractivity contribution in [2.75, 3.05) is 13.1 Å². The van der Waals surface area contributed by atoms with Gasteiger partial charge in [0.15, 0.2) is 0 Å². The third-order valence-corrected chi connectivity index (χ3v) is 6.42. The van der Waals surface area contributed by atoms with Crippen molar-refractivity contribution in [3.63, 3.8) is 0 Å². The predicted molar refractivity (Wildman–Crippen MR) is 82.5 cm³/mol. The molecule has 0 amide bonds. The van der Waals surface area contributed by atoms with Gasteiger partial charge in [0.05, 0.1) is 17.9 Å². The summed E-state index contributed by atoms with van der Waals surface area (Å²) >= 11 is 0. The number of hydrogen-bond donors (Lipinski definition) is 1. The third kappa shape index (κ3) is 2.86. The minimum Gasteiger partial charge on any atom is -0.329 e. The maximum absolute atomic E-state index is 13.0. The second-order valence-electron chi connectivity index (χ2n) is 6.08. The first-order valence-corrected chi connectivity index (χ1v) is 9.00. The van der Waals surface area contributed by atoms with Gasteiger partial charge in [-0.3, -0.25) is 4.68 Å². The Morgan fingerprint density at radius 1 is 1.38 bits per heavy atom. The number of hydrogen-bond acceptors (Lipinski definition) is 4. The van der Waals surface area contributed by atoms with Crippen LogP contribution in [0.1, 0.15) is 38.1 Å². The van der Waals surface area contributed by atoms with Crippen molar-refractivity contribution in [1.82, 2.24) is 14.1 Å². The molecule has 1 saturated heterocycles. The average molecular weight is 314 g/mol. The van der Waals surface area contributed by atoms with E-state index in [0.717, 1.165) is 12.8 Å². The molecule has 2 heterocycles. The minimum atomic E-state index is -3.48. The van der Waals surface area contributed by atoms with Gasteiger partial charge < -0.3 is 5.73 Å². The molecule has 0 spiro atoms. The van der Waals surface area contributed by atoms with Crippen molar-refractivity contribution in [3.8, 4) is 0 Å². The fraction of sp³-hybridized carbons (Fsp3) is 0.786. The van der Waals surface area contributed by atoms with Gasteiger partial charge in [0.25, 0.3) is 0 Å². The van der Waals surface area contributed by atoms with Crippen molar-refractivity contribution < 1.29 is 8.42 Å². The van der Waals surface area contributed by atoms with Crippen LogP contribution in [-0.2, 0) is 16.6 Å². The fourth-order valence-electron chi connectivity index (χ4n) is 3.24. The summed E-state index contributed by atoms with van der Waals surface area (Å²) in [5, 5.41) is 4.34. The maximum Gasteiger partial charge on any atom is 0.247 e. The van der Waals surface area contributed by atoms with Gasteiger partial charge in [-0.05, 0) is 32.6 Å². The summed E-state index contributed by atoms with van der Waals surface area (Å²) in [5.74, 6) is 0.321. The molecular weight excluding hydrogens is 288 g/mol. The van der Waals surface area contributed by atoms with Crippen LogP contribution in [0.2, 0.25) is 0 Å². The Kier molecular flexibility index (Phi) is 4.75. The molecule has 1 unspecified atom stereocenters. The lowest BCUT2D eigenvalue weighted by molar-refractivity contribution is 0.315. The van der Waals surface area contributed by atoms with Gasteiger partial charge in [-0.15, -0.1) is 0 Å². The van der Waals surface area contributed by atoms with Gasteiger partial charge in [-0.2, -0.15) is 9.40 Å². The second kappa shape index (κ2) is 6.06. The quantitative estimate of drug-likeness (QED) is 0.887. The van der Waals surface area contributed by atoms with Crippen molar-refractivity contribution in [1.29, 1.82) is 0 Å². The number of aryl methyl sites for hydroxylation is 1. The van der Waals surface area contributed by atoms with E-state index in [1.807, 2.05) is 6.92 Å². The molecule has 0 bridgehead atoms. The Balaban J connectivity index is 2.45. The molecule has 1 aliphatic rings. The van der Waals surface area contributed by atoms with Crippen LogP contribution in [0.25, 0.3) is 0 Å². The van der Waals surface area contributed by atoms with Crippen molar-refractivity contribution in [2.24, 2.45) is 11.7 Å². The third-order valence-electron chi connectivity index (χ3n) is 4.24. The molecule has 6 nitrogen and oxygen atoms in total. The van der Waals surface area contributed by atoms with E-state index >= 15 is 0 Å². The predicted octanol–water partition coefficient (Wildman–Crippen LogP) is 1.27. The Hall–Kier alpha value is -0.920. The van der Waals surface area contributed by atoms with Crippen LogP contribution >= 0.6 is 0 Å².